The van der Waals surface area contributed by atoms with Crippen LogP contribution in [0.4, 0.5) is 5.69 Å². The van der Waals surface area contributed by atoms with E-state index in [1.807, 2.05) is 19.9 Å². The number of hydrogen-bond donors (Lipinski definition) is 2. The Labute approximate surface area is 103 Å². The molecular formula is C10H14BrClN2O. The second kappa shape index (κ2) is 5.14. The average molecular weight is 294 g/mol. The van der Waals surface area contributed by atoms with Gasteiger partial charge in [-0.3, -0.25) is 0 Å². The number of halogens is 2. The van der Waals surface area contributed by atoms with E-state index in [1.54, 1.807) is 6.20 Å². The molecule has 3 nitrogen and oxygen atoms in total. The topological polar surface area (TPSA) is 45.1 Å². The summed E-state index contributed by atoms with van der Waals surface area (Å²) in [5, 5.41) is 12.7. The number of rotatable bonds is 4. The van der Waals surface area contributed by atoms with E-state index in [9.17, 15) is 0 Å². The molecule has 1 aromatic rings. The quantitative estimate of drug-likeness (QED) is 0.839. The Balaban J connectivity index is 2.69. The SMILES string of the molecule is CC(C)(CO)CNc1cc(Br)cnc1Cl. The van der Waals surface area contributed by atoms with Crippen LogP contribution in [0.5, 0.6) is 0 Å². The predicted molar refractivity (Wildman–Crippen MR) is 66.3 cm³/mol. The molecule has 0 bridgehead atoms. The zero-order valence-corrected chi connectivity index (χ0v) is 11.1. The largest absolute Gasteiger partial charge is 0.396 e. The van der Waals surface area contributed by atoms with Crippen LogP contribution in [0.15, 0.2) is 16.7 Å². The summed E-state index contributed by atoms with van der Waals surface area (Å²) in [6, 6.07) is 1.86. The molecule has 0 fully saturated rings. The molecular weight excluding hydrogens is 279 g/mol. The first-order valence-corrected chi connectivity index (χ1v) is 5.77. The molecule has 0 aliphatic heterocycles. The summed E-state index contributed by atoms with van der Waals surface area (Å²) < 4.78 is 0.871. The predicted octanol–water partition coefficient (Wildman–Crippen LogP) is 2.93. The van der Waals surface area contributed by atoms with Gasteiger partial charge in [0.2, 0.25) is 0 Å². The summed E-state index contributed by atoms with van der Waals surface area (Å²) in [5.41, 5.74) is 0.596. The van der Waals surface area contributed by atoms with Crippen molar-refractivity contribution in [1.82, 2.24) is 4.98 Å². The van der Waals surface area contributed by atoms with Gasteiger partial charge < -0.3 is 10.4 Å². The van der Waals surface area contributed by atoms with Crippen molar-refractivity contribution in [1.29, 1.82) is 0 Å². The van der Waals surface area contributed by atoms with Gasteiger partial charge in [-0.1, -0.05) is 25.4 Å². The van der Waals surface area contributed by atoms with Gasteiger partial charge in [0.1, 0.15) is 0 Å². The molecule has 0 saturated heterocycles. The molecule has 84 valence electrons. The van der Waals surface area contributed by atoms with Crippen LogP contribution in [0.25, 0.3) is 0 Å². The van der Waals surface area contributed by atoms with Gasteiger partial charge in [0.05, 0.1) is 5.69 Å². The minimum atomic E-state index is -0.175. The monoisotopic (exact) mass is 292 g/mol. The fourth-order valence-corrected chi connectivity index (χ4v) is 1.44. The van der Waals surface area contributed by atoms with Crippen LogP contribution >= 0.6 is 27.5 Å². The van der Waals surface area contributed by atoms with Gasteiger partial charge in [-0.15, -0.1) is 0 Å². The summed E-state index contributed by atoms with van der Waals surface area (Å²) >= 11 is 9.23. The van der Waals surface area contributed by atoms with Gasteiger partial charge in [0.25, 0.3) is 0 Å². The number of aliphatic hydroxyl groups is 1. The third-order valence-electron chi connectivity index (χ3n) is 1.99. The van der Waals surface area contributed by atoms with E-state index < -0.39 is 0 Å². The van der Waals surface area contributed by atoms with E-state index in [1.165, 1.54) is 0 Å². The lowest BCUT2D eigenvalue weighted by Gasteiger charge is -2.22. The second-order valence-electron chi connectivity index (χ2n) is 4.17. The molecule has 0 unspecified atom stereocenters. The van der Waals surface area contributed by atoms with E-state index >= 15 is 0 Å². The molecule has 0 saturated carbocycles. The molecule has 0 atom stereocenters. The van der Waals surface area contributed by atoms with Crippen LogP contribution in [-0.4, -0.2) is 23.2 Å². The number of anilines is 1. The molecule has 0 amide bonds. The number of pyridine rings is 1. The van der Waals surface area contributed by atoms with Crippen molar-refractivity contribution in [3.8, 4) is 0 Å². The first kappa shape index (κ1) is 12.7. The van der Waals surface area contributed by atoms with Crippen molar-refractivity contribution < 1.29 is 5.11 Å². The second-order valence-corrected chi connectivity index (χ2v) is 5.44. The molecule has 1 aromatic heterocycles. The summed E-state index contributed by atoms with van der Waals surface area (Å²) in [7, 11) is 0. The first-order chi connectivity index (χ1) is 6.94. The van der Waals surface area contributed by atoms with Crippen molar-refractivity contribution >= 4 is 33.2 Å². The van der Waals surface area contributed by atoms with Crippen molar-refractivity contribution in [2.24, 2.45) is 5.41 Å². The number of aliphatic hydroxyl groups excluding tert-OH is 1. The number of hydrogen-bond acceptors (Lipinski definition) is 3. The van der Waals surface area contributed by atoms with Gasteiger partial charge in [-0.05, 0) is 22.0 Å². The Hall–Kier alpha value is -0.320. The molecule has 1 rings (SSSR count). The minimum absolute atomic E-state index is 0.124. The molecule has 0 spiro atoms. The van der Waals surface area contributed by atoms with Gasteiger partial charge in [-0.2, -0.15) is 0 Å². The molecule has 0 aliphatic carbocycles. The molecule has 1 heterocycles. The van der Waals surface area contributed by atoms with E-state index in [2.05, 4.69) is 26.2 Å². The lowest BCUT2D eigenvalue weighted by Crippen LogP contribution is -2.26. The van der Waals surface area contributed by atoms with Gasteiger partial charge in [0, 0.05) is 29.2 Å². The lowest BCUT2D eigenvalue weighted by atomic mass is 9.95. The van der Waals surface area contributed by atoms with Crippen LogP contribution < -0.4 is 5.32 Å². The Morgan fingerprint density at radius 1 is 1.60 bits per heavy atom. The standard InChI is InChI=1S/C10H14BrClN2O/c1-10(2,6-15)5-14-8-3-7(11)4-13-9(8)12/h3-4,14-15H,5-6H2,1-2H3. The third kappa shape index (κ3) is 3.97. The zero-order valence-electron chi connectivity index (χ0n) is 8.72. The van der Waals surface area contributed by atoms with E-state index in [0.29, 0.717) is 11.7 Å². The molecule has 0 aromatic carbocycles. The maximum atomic E-state index is 9.10. The van der Waals surface area contributed by atoms with E-state index in [0.717, 1.165) is 10.2 Å². The molecule has 0 radical (unpaired) electrons. The highest BCUT2D eigenvalue weighted by Gasteiger charge is 2.16. The fraction of sp³-hybridized carbons (Fsp3) is 0.500. The smallest absolute Gasteiger partial charge is 0.152 e. The van der Waals surface area contributed by atoms with Crippen LogP contribution in [0, 0.1) is 5.41 Å². The number of nitrogens with one attached hydrogen (secondary N) is 1. The van der Waals surface area contributed by atoms with Gasteiger partial charge in [-0.25, -0.2) is 4.98 Å². The number of aromatic nitrogens is 1. The zero-order chi connectivity index (χ0) is 11.5. The highest BCUT2D eigenvalue weighted by Crippen LogP contribution is 2.24. The Morgan fingerprint density at radius 2 is 2.27 bits per heavy atom. The Bertz CT molecular complexity index is 344. The molecule has 0 aliphatic rings. The van der Waals surface area contributed by atoms with Gasteiger partial charge >= 0.3 is 0 Å². The van der Waals surface area contributed by atoms with Crippen molar-refractivity contribution in [2.75, 3.05) is 18.5 Å². The normalized spacial score (nSPS) is 11.5. The fourth-order valence-electron chi connectivity index (χ4n) is 0.937. The maximum Gasteiger partial charge on any atom is 0.152 e. The summed E-state index contributed by atoms with van der Waals surface area (Å²) in [4.78, 5) is 4.00. The van der Waals surface area contributed by atoms with Crippen LogP contribution in [0.1, 0.15) is 13.8 Å². The van der Waals surface area contributed by atoms with Crippen molar-refractivity contribution in [3.63, 3.8) is 0 Å². The van der Waals surface area contributed by atoms with Gasteiger partial charge in [0.15, 0.2) is 5.15 Å². The maximum absolute atomic E-state index is 9.10. The van der Waals surface area contributed by atoms with Crippen molar-refractivity contribution in [3.05, 3.63) is 21.9 Å². The first-order valence-electron chi connectivity index (χ1n) is 4.60. The van der Waals surface area contributed by atoms with Crippen molar-refractivity contribution in [2.45, 2.75) is 13.8 Å². The Kier molecular flexibility index (Phi) is 4.37. The molecule has 15 heavy (non-hydrogen) atoms. The van der Waals surface area contributed by atoms with Crippen LogP contribution in [-0.2, 0) is 0 Å². The number of nitrogens with zero attached hydrogens (tertiary/aromatic N) is 1. The summed E-state index contributed by atoms with van der Waals surface area (Å²) in [6.45, 7) is 4.71. The average Bonchev–Trinajstić information content (AvgIpc) is 2.20. The highest BCUT2D eigenvalue weighted by atomic mass is 79.9. The molecule has 2 N–H and O–H groups in total. The Morgan fingerprint density at radius 3 is 2.87 bits per heavy atom. The molecule has 5 heteroatoms. The third-order valence-corrected chi connectivity index (χ3v) is 2.73. The highest BCUT2D eigenvalue weighted by molar-refractivity contribution is 9.10. The minimum Gasteiger partial charge on any atom is -0.396 e. The summed E-state index contributed by atoms with van der Waals surface area (Å²) in [5.74, 6) is 0. The van der Waals surface area contributed by atoms with Crippen LogP contribution in [0.2, 0.25) is 5.15 Å². The van der Waals surface area contributed by atoms with E-state index in [4.69, 9.17) is 16.7 Å². The van der Waals surface area contributed by atoms with Crippen LogP contribution in [0.3, 0.4) is 0 Å². The lowest BCUT2D eigenvalue weighted by molar-refractivity contribution is 0.171. The summed E-state index contributed by atoms with van der Waals surface area (Å²) in [6.07, 6.45) is 1.64. The van der Waals surface area contributed by atoms with E-state index in [-0.39, 0.29) is 12.0 Å².